The summed E-state index contributed by atoms with van der Waals surface area (Å²) in [4.78, 5) is 15.1. The Morgan fingerprint density at radius 1 is 1.04 bits per heavy atom. The first kappa shape index (κ1) is 15.9. The molecular weight excluding hydrogens is 304 g/mol. The topological polar surface area (TPSA) is 63.4 Å². The highest BCUT2D eigenvalue weighted by atomic mass is 16.5. The minimum atomic E-state index is -0.103. The quantitative estimate of drug-likeness (QED) is 0.728. The van der Waals surface area contributed by atoms with E-state index < -0.39 is 0 Å². The zero-order valence-corrected chi connectivity index (χ0v) is 13.8. The Bertz CT molecular complexity index is 885. The summed E-state index contributed by atoms with van der Waals surface area (Å²) in [6, 6.07) is 15.2. The Labute approximate surface area is 140 Å². The van der Waals surface area contributed by atoms with Crippen molar-refractivity contribution in [2.45, 2.75) is 13.5 Å². The summed E-state index contributed by atoms with van der Waals surface area (Å²) in [5.41, 5.74) is 2.28. The van der Waals surface area contributed by atoms with Crippen molar-refractivity contribution < 1.29 is 9.47 Å². The Morgan fingerprint density at radius 2 is 1.79 bits per heavy atom. The Morgan fingerprint density at radius 3 is 2.50 bits per heavy atom. The van der Waals surface area contributed by atoms with Gasteiger partial charge in [0.05, 0.1) is 19.2 Å². The van der Waals surface area contributed by atoms with Gasteiger partial charge in [-0.3, -0.25) is 4.79 Å². The summed E-state index contributed by atoms with van der Waals surface area (Å²) in [6.07, 6.45) is 0. The van der Waals surface area contributed by atoms with E-state index in [2.05, 4.69) is 10.3 Å². The van der Waals surface area contributed by atoms with Crippen LogP contribution in [0.2, 0.25) is 0 Å². The van der Waals surface area contributed by atoms with Crippen LogP contribution in [-0.4, -0.2) is 18.7 Å². The van der Waals surface area contributed by atoms with Crippen LogP contribution in [0, 0.1) is 0 Å². The van der Waals surface area contributed by atoms with E-state index in [0.717, 1.165) is 28.1 Å². The molecule has 1 aromatic heterocycles. The van der Waals surface area contributed by atoms with Crippen molar-refractivity contribution in [2.75, 3.05) is 19.0 Å². The van der Waals surface area contributed by atoms with Crippen LogP contribution in [0.4, 0.5) is 5.69 Å². The molecule has 1 heterocycles. The zero-order chi connectivity index (χ0) is 16.9. The van der Waals surface area contributed by atoms with Crippen LogP contribution in [-0.2, 0) is 6.54 Å². The number of nitrogens with one attached hydrogen (secondary N) is 2. The van der Waals surface area contributed by atoms with Crippen molar-refractivity contribution >= 4 is 16.6 Å². The number of hydrogen-bond donors (Lipinski definition) is 2. The molecule has 3 aromatic rings. The second-order valence-electron chi connectivity index (χ2n) is 5.39. The summed E-state index contributed by atoms with van der Waals surface area (Å²) in [7, 11) is 1.61. The predicted molar refractivity (Wildman–Crippen MR) is 96.1 cm³/mol. The van der Waals surface area contributed by atoms with E-state index in [9.17, 15) is 4.79 Å². The Hall–Kier alpha value is -2.95. The zero-order valence-electron chi connectivity index (χ0n) is 13.8. The fourth-order valence-electron chi connectivity index (χ4n) is 2.52. The smallest absolute Gasteiger partial charge is 0.253 e. The first-order valence-corrected chi connectivity index (χ1v) is 7.86. The number of fused-ring (bicyclic) bond motifs is 1. The minimum absolute atomic E-state index is 0.103. The second-order valence-corrected chi connectivity index (χ2v) is 5.39. The lowest BCUT2D eigenvalue weighted by Crippen LogP contribution is -2.15. The fraction of sp³-hybridized carbons (Fsp3) is 0.211. The molecule has 0 fully saturated rings. The molecule has 0 aliphatic carbocycles. The molecule has 0 saturated carbocycles. The third-order valence-electron chi connectivity index (χ3n) is 3.78. The van der Waals surface area contributed by atoms with E-state index in [1.165, 1.54) is 0 Å². The number of rotatable bonds is 6. The first-order valence-electron chi connectivity index (χ1n) is 7.86. The van der Waals surface area contributed by atoms with Crippen LogP contribution >= 0.6 is 0 Å². The number of pyridine rings is 1. The van der Waals surface area contributed by atoms with Gasteiger partial charge in [-0.05, 0) is 54.8 Å². The summed E-state index contributed by atoms with van der Waals surface area (Å²) < 4.78 is 10.6. The molecule has 124 valence electrons. The van der Waals surface area contributed by atoms with Crippen LogP contribution in [0.25, 0.3) is 10.9 Å². The SMILES string of the molecule is CCOc1ccc(NCc2cc3ccc(OC)cc3[nH]c2=O)cc1. The molecule has 0 unspecified atom stereocenters. The molecule has 5 nitrogen and oxygen atoms in total. The van der Waals surface area contributed by atoms with E-state index in [-0.39, 0.29) is 5.56 Å². The monoisotopic (exact) mass is 324 g/mol. The van der Waals surface area contributed by atoms with E-state index in [1.54, 1.807) is 7.11 Å². The third kappa shape index (κ3) is 3.51. The van der Waals surface area contributed by atoms with Gasteiger partial charge in [0.1, 0.15) is 11.5 Å². The maximum absolute atomic E-state index is 12.2. The van der Waals surface area contributed by atoms with Gasteiger partial charge in [0.15, 0.2) is 0 Å². The summed E-state index contributed by atoms with van der Waals surface area (Å²) in [5.74, 6) is 1.55. The van der Waals surface area contributed by atoms with E-state index in [4.69, 9.17) is 9.47 Å². The predicted octanol–water partition coefficient (Wildman–Crippen LogP) is 3.55. The fourth-order valence-corrected chi connectivity index (χ4v) is 2.52. The van der Waals surface area contributed by atoms with Crippen molar-refractivity contribution in [1.29, 1.82) is 0 Å². The van der Waals surface area contributed by atoms with Crippen LogP contribution in [0.15, 0.2) is 53.3 Å². The van der Waals surface area contributed by atoms with Crippen molar-refractivity contribution in [1.82, 2.24) is 4.98 Å². The van der Waals surface area contributed by atoms with Crippen LogP contribution in [0.1, 0.15) is 12.5 Å². The van der Waals surface area contributed by atoms with Gasteiger partial charge in [-0.2, -0.15) is 0 Å². The first-order chi connectivity index (χ1) is 11.7. The maximum Gasteiger partial charge on any atom is 0.253 e. The van der Waals surface area contributed by atoms with E-state index >= 15 is 0 Å². The molecule has 0 radical (unpaired) electrons. The molecule has 0 atom stereocenters. The standard InChI is InChI=1S/C19H20N2O3/c1-3-24-16-8-5-15(6-9-16)20-12-14-10-13-4-7-17(23-2)11-18(13)21-19(14)22/h4-11,20H,3,12H2,1-2H3,(H,21,22). The molecule has 0 amide bonds. The van der Waals surface area contributed by atoms with E-state index in [0.29, 0.717) is 18.7 Å². The molecule has 5 heteroatoms. The third-order valence-corrected chi connectivity index (χ3v) is 3.78. The van der Waals surface area contributed by atoms with E-state index in [1.807, 2.05) is 55.5 Å². The molecule has 2 aromatic carbocycles. The number of ether oxygens (including phenoxy) is 2. The molecule has 3 rings (SSSR count). The number of methoxy groups -OCH3 is 1. The van der Waals surface area contributed by atoms with Gasteiger partial charge < -0.3 is 19.8 Å². The molecule has 2 N–H and O–H groups in total. The largest absolute Gasteiger partial charge is 0.497 e. The number of aromatic nitrogens is 1. The van der Waals surface area contributed by atoms with Crippen molar-refractivity contribution in [3.63, 3.8) is 0 Å². The highest BCUT2D eigenvalue weighted by Gasteiger charge is 2.04. The molecule has 0 spiro atoms. The average molecular weight is 324 g/mol. The molecule has 0 aliphatic heterocycles. The lowest BCUT2D eigenvalue weighted by Gasteiger charge is -2.09. The van der Waals surface area contributed by atoms with Gasteiger partial charge in [0, 0.05) is 23.9 Å². The normalized spacial score (nSPS) is 10.6. The lowest BCUT2D eigenvalue weighted by atomic mass is 10.1. The summed E-state index contributed by atoms with van der Waals surface area (Å²) in [6.45, 7) is 3.04. The minimum Gasteiger partial charge on any atom is -0.497 e. The van der Waals surface area contributed by atoms with Crippen LogP contribution in [0.5, 0.6) is 11.5 Å². The van der Waals surface area contributed by atoms with Crippen LogP contribution < -0.4 is 20.3 Å². The van der Waals surface area contributed by atoms with Gasteiger partial charge in [-0.1, -0.05) is 0 Å². The van der Waals surface area contributed by atoms with Gasteiger partial charge in [0.2, 0.25) is 0 Å². The lowest BCUT2D eigenvalue weighted by molar-refractivity contribution is 0.340. The molecular formula is C19H20N2O3. The highest BCUT2D eigenvalue weighted by Crippen LogP contribution is 2.19. The Balaban J connectivity index is 1.77. The second kappa shape index (κ2) is 7.08. The number of H-pyrrole nitrogens is 1. The number of aromatic amines is 1. The van der Waals surface area contributed by atoms with Crippen molar-refractivity contribution in [3.8, 4) is 11.5 Å². The van der Waals surface area contributed by atoms with Gasteiger partial charge in [-0.15, -0.1) is 0 Å². The number of hydrogen-bond acceptors (Lipinski definition) is 4. The van der Waals surface area contributed by atoms with Crippen LogP contribution in [0.3, 0.4) is 0 Å². The van der Waals surface area contributed by atoms with Crippen molar-refractivity contribution in [3.05, 3.63) is 64.4 Å². The molecule has 0 saturated heterocycles. The summed E-state index contributed by atoms with van der Waals surface area (Å²) in [5, 5.41) is 4.23. The van der Waals surface area contributed by atoms with Gasteiger partial charge in [-0.25, -0.2) is 0 Å². The van der Waals surface area contributed by atoms with Crippen molar-refractivity contribution in [2.24, 2.45) is 0 Å². The van der Waals surface area contributed by atoms with Gasteiger partial charge >= 0.3 is 0 Å². The Kier molecular flexibility index (Phi) is 4.70. The summed E-state index contributed by atoms with van der Waals surface area (Å²) >= 11 is 0. The molecule has 0 aliphatic rings. The number of anilines is 1. The number of benzene rings is 2. The molecule has 24 heavy (non-hydrogen) atoms. The van der Waals surface area contributed by atoms with Gasteiger partial charge in [0.25, 0.3) is 5.56 Å². The average Bonchev–Trinajstić information content (AvgIpc) is 2.61. The maximum atomic E-state index is 12.2. The highest BCUT2D eigenvalue weighted by molar-refractivity contribution is 5.80. The molecule has 0 bridgehead atoms.